The van der Waals surface area contributed by atoms with Crippen molar-refractivity contribution in [1.29, 1.82) is 0 Å². The molecule has 82 valence electrons. The minimum absolute atomic E-state index is 1.08. The monoisotopic (exact) mass is 210 g/mol. The fraction of sp³-hybridized carbons (Fsp3) is 0.250. The van der Waals surface area contributed by atoms with Gasteiger partial charge in [-0.3, -0.25) is 0 Å². The van der Waals surface area contributed by atoms with Crippen molar-refractivity contribution >= 4 is 10.8 Å². The predicted molar refractivity (Wildman–Crippen MR) is 71.8 cm³/mol. The number of hydrogen-bond donors (Lipinski definition) is 0. The van der Waals surface area contributed by atoms with E-state index in [4.69, 9.17) is 0 Å². The molecular formula is C16H18. The Balaban J connectivity index is 2.48. The van der Waals surface area contributed by atoms with E-state index in [1.165, 1.54) is 27.5 Å². The summed E-state index contributed by atoms with van der Waals surface area (Å²) in [7, 11) is 0. The van der Waals surface area contributed by atoms with Crippen LogP contribution in [0.2, 0.25) is 0 Å². The van der Waals surface area contributed by atoms with Crippen molar-refractivity contribution in [2.75, 3.05) is 0 Å². The van der Waals surface area contributed by atoms with E-state index < -0.39 is 0 Å². The Kier molecular flexibility index (Phi) is 3.09. The lowest BCUT2D eigenvalue weighted by molar-refractivity contribution is 0.945. The highest BCUT2D eigenvalue weighted by atomic mass is 14.1. The van der Waals surface area contributed by atoms with Crippen molar-refractivity contribution in [1.82, 2.24) is 0 Å². The molecule has 16 heavy (non-hydrogen) atoms. The number of rotatable bonds is 3. The average Bonchev–Trinajstić information content (AvgIpc) is 2.27. The third kappa shape index (κ3) is 2.16. The van der Waals surface area contributed by atoms with Crippen molar-refractivity contribution in [2.45, 2.75) is 26.7 Å². The van der Waals surface area contributed by atoms with Gasteiger partial charge in [-0.2, -0.15) is 0 Å². The first-order valence-electron chi connectivity index (χ1n) is 5.80. The minimum Gasteiger partial charge on any atom is -0.100 e. The molecule has 0 N–H and O–H groups in total. The van der Waals surface area contributed by atoms with Crippen molar-refractivity contribution in [2.24, 2.45) is 0 Å². The lowest BCUT2D eigenvalue weighted by Gasteiger charge is -2.10. The first kappa shape index (κ1) is 10.9. The van der Waals surface area contributed by atoms with Gasteiger partial charge in [0.1, 0.15) is 0 Å². The minimum atomic E-state index is 1.08. The maximum Gasteiger partial charge on any atom is -0.0149 e. The molecule has 0 aliphatic heterocycles. The third-order valence-electron chi connectivity index (χ3n) is 3.08. The summed E-state index contributed by atoms with van der Waals surface area (Å²) in [5.41, 5.74) is 4.12. The van der Waals surface area contributed by atoms with Crippen LogP contribution in [0.15, 0.2) is 48.6 Å². The van der Waals surface area contributed by atoms with Gasteiger partial charge in [0, 0.05) is 0 Å². The van der Waals surface area contributed by atoms with Gasteiger partial charge in [0.05, 0.1) is 0 Å². The molecule has 0 radical (unpaired) electrons. The summed E-state index contributed by atoms with van der Waals surface area (Å²) in [4.78, 5) is 0. The van der Waals surface area contributed by atoms with Crippen LogP contribution in [-0.2, 0) is 6.42 Å². The molecule has 0 amide bonds. The van der Waals surface area contributed by atoms with E-state index in [1.807, 2.05) is 0 Å². The standard InChI is InChI=1S/C16H18/c1-12(2)8-11-15-13(3)9-10-14-6-4-5-7-16(14)15/h4-7,9-10H,1,8,11H2,2-3H3. The second-order valence-corrected chi connectivity index (χ2v) is 4.54. The lowest BCUT2D eigenvalue weighted by Crippen LogP contribution is -1.92. The van der Waals surface area contributed by atoms with Crippen molar-refractivity contribution in [3.8, 4) is 0 Å². The molecular weight excluding hydrogens is 192 g/mol. The van der Waals surface area contributed by atoms with Crippen LogP contribution in [0, 0.1) is 6.92 Å². The van der Waals surface area contributed by atoms with Gasteiger partial charge in [-0.15, -0.1) is 6.58 Å². The van der Waals surface area contributed by atoms with E-state index in [1.54, 1.807) is 0 Å². The van der Waals surface area contributed by atoms with Crippen LogP contribution in [0.5, 0.6) is 0 Å². The predicted octanol–water partition coefficient (Wildman–Crippen LogP) is 4.66. The van der Waals surface area contributed by atoms with Crippen LogP contribution in [0.25, 0.3) is 10.8 Å². The summed E-state index contributed by atoms with van der Waals surface area (Å²) < 4.78 is 0. The Bertz CT molecular complexity index is 521. The number of allylic oxidation sites excluding steroid dienone is 1. The summed E-state index contributed by atoms with van der Waals surface area (Å²) in [6.45, 7) is 8.27. The molecule has 0 saturated carbocycles. The van der Waals surface area contributed by atoms with Crippen LogP contribution in [-0.4, -0.2) is 0 Å². The zero-order chi connectivity index (χ0) is 11.5. The summed E-state index contributed by atoms with van der Waals surface area (Å²) in [6.07, 6.45) is 2.18. The highest BCUT2D eigenvalue weighted by molar-refractivity contribution is 5.86. The molecule has 0 spiro atoms. The Morgan fingerprint density at radius 2 is 1.88 bits per heavy atom. The van der Waals surface area contributed by atoms with Gasteiger partial charge in [-0.1, -0.05) is 42.0 Å². The molecule has 0 aliphatic carbocycles. The molecule has 0 aromatic heterocycles. The van der Waals surface area contributed by atoms with Crippen molar-refractivity contribution in [3.05, 3.63) is 59.7 Å². The quantitative estimate of drug-likeness (QED) is 0.646. The van der Waals surface area contributed by atoms with E-state index in [9.17, 15) is 0 Å². The van der Waals surface area contributed by atoms with Gasteiger partial charge in [0.15, 0.2) is 0 Å². The zero-order valence-electron chi connectivity index (χ0n) is 10.1. The summed E-state index contributed by atoms with van der Waals surface area (Å²) >= 11 is 0. The maximum absolute atomic E-state index is 3.98. The molecule has 0 heterocycles. The van der Waals surface area contributed by atoms with Crippen LogP contribution < -0.4 is 0 Å². The van der Waals surface area contributed by atoms with Crippen LogP contribution >= 0.6 is 0 Å². The number of fused-ring (bicyclic) bond motifs is 1. The van der Waals surface area contributed by atoms with Gasteiger partial charge in [0.25, 0.3) is 0 Å². The Morgan fingerprint density at radius 3 is 2.62 bits per heavy atom. The summed E-state index contributed by atoms with van der Waals surface area (Å²) in [5.74, 6) is 0. The molecule has 2 aromatic rings. The van der Waals surface area contributed by atoms with E-state index in [0.29, 0.717) is 0 Å². The van der Waals surface area contributed by atoms with Crippen molar-refractivity contribution in [3.63, 3.8) is 0 Å². The largest absolute Gasteiger partial charge is 0.100 e. The average molecular weight is 210 g/mol. The molecule has 0 aliphatic rings. The highest BCUT2D eigenvalue weighted by Crippen LogP contribution is 2.24. The van der Waals surface area contributed by atoms with Crippen LogP contribution in [0.1, 0.15) is 24.5 Å². The van der Waals surface area contributed by atoms with Crippen LogP contribution in [0.4, 0.5) is 0 Å². The smallest absolute Gasteiger partial charge is 0.0149 e. The van der Waals surface area contributed by atoms with Gasteiger partial charge >= 0.3 is 0 Å². The van der Waals surface area contributed by atoms with Gasteiger partial charge in [-0.25, -0.2) is 0 Å². The van der Waals surface area contributed by atoms with E-state index in [2.05, 4.69) is 56.8 Å². The molecule has 0 saturated heterocycles. The van der Waals surface area contributed by atoms with Gasteiger partial charge in [-0.05, 0) is 48.6 Å². The third-order valence-corrected chi connectivity index (χ3v) is 3.08. The molecule has 0 nitrogen and oxygen atoms in total. The molecule has 0 fully saturated rings. The fourth-order valence-corrected chi connectivity index (χ4v) is 2.12. The SMILES string of the molecule is C=C(C)CCc1c(C)ccc2ccccc12. The Labute approximate surface area is 97.6 Å². The van der Waals surface area contributed by atoms with E-state index >= 15 is 0 Å². The van der Waals surface area contributed by atoms with E-state index in [0.717, 1.165) is 12.8 Å². The number of benzene rings is 2. The summed E-state index contributed by atoms with van der Waals surface area (Å²) in [5, 5.41) is 2.73. The first-order valence-corrected chi connectivity index (χ1v) is 5.80. The molecule has 0 atom stereocenters. The van der Waals surface area contributed by atoms with Gasteiger partial charge in [0.2, 0.25) is 0 Å². The molecule has 0 heteroatoms. The lowest BCUT2D eigenvalue weighted by atomic mass is 9.95. The van der Waals surface area contributed by atoms with E-state index in [-0.39, 0.29) is 0 Å². The molecule has 0 bridgehead atoms. The second-order valence-electron chi connectivity index (χ2n) is 4.54. The molecule has 2 rings (SSSR count). The van der Waals surface area contributed by atoms with Gasteiger partial charge < -0.3 is 0 Å². The zero-order valence-corrected chi connectivity index (χ0v) is 10.1. The number of aryl methyl sites for hydroxylation is 2. The number of hydrogen-bond acceptors (Lipinski definition) is 0. The first-order chi connectivity index (χ1) is 7.68. The van der Waals surface area contributed by atoms with Crippen LogP contribution in [0.3, 0.4) is 0 Å². The Hall–Kier alpha value is -1.56. The normalized spacial score (nSPS) is 10.6. The Morgan fingerprint density at radius 1 is 1.12 bits per heavy atom. The highest BCUT2D eigenvalue weighted by Gasteiger charge is 2.03. The summed E-state index contributed by atoms with van der Waals surface area (Å²) in [6, 6.07) is 13.0. The molecule has 0 unspecified atom stereocenters. The van der Waals surface area contributed by atoms with Crippen molar-refractivity contribution < 1.29 is 0 Å². The fourth-order valence-electron chi connectivity index (χ4n) is 2.12. The second kappa shape index (κ2) is 4.52. The maximum atomic E-state index is 3.98. The topological polar surface area (TPSA) is 0 Å². The molecule has 2 aromatic carbocycles.